The first kappa shape index (κ1) is 17.6. The van der Waals surface area contributed by atoms with Gasteiger partial charge in [0.05, 0.1) is 18.2 Å². The molecule has 0 radical (unpaired) electrons. The number of thiocarbonyl (C=S) groups is 1. The Bertz CT molecular complexity index is 668. The van der Waals surface area contributed by atoms with Gasteiger partial charge in [-0.15, -0.1) is 0 Å². The average Bonchev–Trinajstić information content (AvgIpc) is 3.16. The molecule has 1 atom stereocenters. The SMILES string of the molecule is S=C(Nc1cccnc1)N(CCCn1ccnc1)CC1CC=CCC1. The normalized spacial score (nSPS) is 16.6. The minimum atomic E-state index is 0.673. The molecular formula is C19H25N5S. The summed E-state index contributed by atoms with van der Waals surface area (Å²) >= 11 is 5.69. The minimum Gasteiger partial charge on any atom is -0.349 e. The molecule has 25 heavy (non-hydrogen) atoms. The highest BCUT2D eigenvalue weighted by molar-refractivity contribution is 7.80. The first-order valence-electron chi connectivity index (χ1n) is 8.88. The van der Waals surface area contributed by atoms with Crippen LogP contribution in [0, 0.1) is 5.92 Å². The van der Waals surface area contributed by atoms with Gasteiger partial charge in [-0.25, -0.2) is 4.98 Å². The Morgan fingerprint density at radius 3 is 3.00 bits per heavy atom. The largest absolute Gasteiger partial charge is 0.349 e. The summed E-state index contributed by atoms with van der Waals surface area (Å²) in [5.41, 5.74) is 0.940. The molecule has 1 aliphatic rings. The summed E-state index contributed by atoms with van der Waals surface area (Å²) in [5, 5.41) is 4.12. The fraction of sp³-hybridized carbons (Fsp3) is 0.421. The van der Waals surface area contributed by atoms with Gasteiger partial charge in [0.25, 0.3) is 0 Å². The summed E-state index contributed by atoms with van der Waals surface area (Å²) in [6.45, 7) is 2.89. The van der Waals surface area contributed by atoms with Crippen LogP contribution in [-0.2, 0) is 6.54 Å². The lowest BCUT2D eigenvalue weighted by molar-refractivity contribution is 0.316. The van der Waals surface area contributed by atoms with Crippen molar-refractivity contribution in [3.63, 3.8) is 0 Å². The molecule has 0 aliphatic heterocycles. The van der Waals surface area contributed by atoms with Gasteiger partial charge in [-0.3, -0.25) is 4.98 Å². The molecule has 0 aromatic carbocycles. The van der Waals surface area contributed by atoms with Gasteiger partial charge in [0.15, 0.2) is 5.11 Å². The van der Waals surface area contributed by atoms with Crippen molar-refractivity contribution in [3.05, 3.63) is 55.4 Å². The average molecular weight is 356 g/mol. The van der Waals surface area contributed by atoms with Crippen LogP contribution in [0.4, 0.5) is 5.69 Å². The number of allylic oxidation sites excluding steroid dienone is 2. The molecule has 0 spiro atoms. The van der Waals surface area contributed by atoms with E-state index in [2.05, 4.69) is 36.9 Å². The molecule has 0 amide bonds. The third kappa shape index (κ3) is 5.67. The Hall–Kier alpha value is -2.21. The highest BCUT2D eigenvalue weighted by Gasteiger charge is 2.17. The molecule has 1 N–H and O–H groups in total. The highest BCUT2D eigenvalue weighted by atomic mass is 32.1. The summed E-state index contributed by atoms with van der Waals surface area (Å²) in [7, 11) is 0. The van der Waals surface area contributed by atoms with Crippen LogP contribution in [0.5, 0.6) is 0 Å². The molecule has 0 saturated carbocycles. The molecule has 0 bridgehead atoms. The summed E-state index contributed by atoms with van der Waals surface area (Å²) in [5.74, 6) is 0.673. The van der Waals surface area contributed by atoms with E-state index >= 15 is 0 Å². The van der Waals surface area contributed by atoms with Gasteiger partial charge in [0, 0.05) is 38.2 Å². The summed E-state index contributed by atoms with van der Waals surface area (Å²) in [4.78, 5) is 10.6. The third-order valence-electron chi connectivity index (χ3n) is 4.46. The zero-order valence-electron chi connectivity index (χ0n) is 14.4. The number of anilines is 1. The first-order valence-corrected chi connectivity index (χ1v) is 9.29. The number of nitrogens with zero attached hydrogens (tertiary/aromatic N) is 4. The first-order chi connectivity index (χ1) is 12.3. The van der Waals surface area contributed by atoms with Crippen molar-refractivity contribution in [3.8, 4) is 0 Å². The van der Waals surface area contributed by atoms with E-state index in [1.165, 1.54) is 12.8 Å². The zero-order chi connectivity index (χ0) is 17.3. The second-order valence-corrected chi connectivity index (χ2v) is 6.81. The molecule has 6 heteroatoms. The molecule has 2 heterocycles. The van der Waals surface area contributed by atoms with Crippen LogP contribution in [0.2, 0.25) is 0 Å². The Balaban J connectivity index is 1.58. The van der Waals surface area contributed by atoms with E-state index in [-0.39, 0.29) is 0 Å². The highest BCUT2D eigenvalue weighted by Crippen LogP contribution is 2.20. The molecule has 1 aliphatic carbocycles. The maximum absolute atomic E-state index is 5.69. The molecule has 0 saturated heterocycles. The molecule has 2 aromatic rings. The number of hydrogen-bond acceptors (Lipinski definition) is 3. The van der Waals surface area contributed by atoms with E-state index in [0.717, 1.165) is 43.3 Å². The van der Waals surface area contributed by atoms with E-state index in [1.807, 2.05) is 30.9 Å². The quantitative estimate of drug-likeness (QED) is 0.606. The van der Waals surface area contributed by atoms with Crippen LogP contribution >= 0.6 is 12.2 Å². The number of aryl methyl sites for hydroxylation is 1. The summed E-state index contributed by atoms with van der Waals surface area (Å²) < 4.78 is 2.11. The van der Waals surface area contributed by atoms with Crippen molar-refractivity contribution in [1.29, 1.82) is 0 Å². The Kier molecular flexibility index (Phi) is 6.56. The van der Waals surface area contributed by atoms with Gasteiger partial charge in [0.2, 0.25) is 0 Å². The van der Waals surface area contributed by atoms with Crippen LogP contribution < -0.4 is 5.32 Å². The third-order valence-corrected chi connectivity index (χ3v) is 4.82. The lowest BCUT2D eigenvalue weighted by Crippen LogP contribution is -2.39. The lowest BCUT2D eigenvalue weighted by atomic mass is 9.94. The van der Waals surface area contributed by atoms with Crippen molar-refractivity contribution in [2.24, 2.45) is 5.92 Å². The van der Waals surface area contributed by atoms with Crippen molar-refractivity contribution in [2.45, 2.75) is 32.2 Å². The molecule has 132 valence electrons. The summed E-state index contributed by atoms with van der Waals surface area (Å²) in [6, 6.07) is 3.91. The van der Waals surface area contributed by atoms with Gasteiger partial charge >= 0.3 is 0 Å². The monoisotopic (exact) mass is 355 g/mol. The van der Waals surface area contributed by atoms with E-state index in [0.29, 0.717) is 5.92 Å². The fourth-order valence-electron chi connectivity index (χ4n) is 3.11. The Morgan fingerprint density at radius 1 is 1.32 bits per heavy atom. The predicted octanol–water partition coefficient (Wildman–Crippen LogP) is 3.72. The minimum absolute atomic E-state index is 0.673. The molecule has 3 rings (SSSR count). The molecule has 1 unspecified atom stereocenters. The van der Waals surface area contributed by atoms with Crippen molar-refractivity contribution in [1.82, 2.24) is 19.4 Å². The Labute approximate surface area is 154 Å². The lowest BCUT2D eigenvalue weighted by Gasteiger charge is -2.30. The Morgan fingerprint density at radius 2 is 2.28 bits per heavy atom. The van der Waals surface area contributed by atoms with Crippen LogP contribution in [0.1, 0.15) is 25.7 Å². The maximum Gasteiger partial charge on any atom is 0.173 e. The maximum atomic E-state index is 5.69. The number of pyridine rings is 1. The van der Waals surface area contributed by atoms with Gasteiger partial charge in [-0.05, 0) is 56.0 Å². The number of rotatable bonds is 7. The second kappa shape index (κ2) is 9.32. The smallest absolute Gasteiger partial charge is 0.173 e. The zero-order valence-corrected chi connectivity index (χ0v) is 15.2. The van der Waals surface area contributed by atoms with Crippen molar-refractivity contribution in [2.75, 3.05) is 18.4 Å². The summed E-state index contributed by atoms with van der Waals surface area (Å²) in [6.07, 6.45) is 18.4. The topological polar surface area (TPSA) is 46.0 Å². The van der Waals surface area contributed by atoms with E-state index < -0.39 is 0 Å². The van der Waals surface area contributed by atoms with E-state index in [1.54, 1.807) is 12.4 Å². The van der Waals surface area contributed by atoms with Gasteiger partial charge in [0.1, 0.15) is 0 Å². The number of imidazole rings is 1. The van der Waals surface area contributed by atoms with Gasteiger partial charge < -0.3 is 14.8 Å². The van der Waals surface area contributed by atoms with Gasteiger partial charge in [-0.1, -0.05) is 12.2 Å². The van der Waals surface area contributed by atoms with E-state index in [4.69, 9.17) is 12.2 Å². The molecular weight excluding hydrogens is 330 g/mol. The molecule has 2 aromatic heterocycles. The number of hydrogen-bond donors (Lipinski definition) is 1. The number of nitrogens with one attached hydrogen (secondary N) is 1. The van der Waals surface area contributed by atoms with Crippen LogP contribution in [0.15, 0.2) is 55.4 Å². The second-order valence-electron chi connectivity index (χ2n) is 6.42. The van der Waals surface area contributed by atoms with Crippen LogP contribution in [0.3, 0.4) is 0 Å². The predicted molar refractivity (Wildman–Crippen MR) is 105 cm³/mol. The van der Waals surface area contributed by atoms with E-state index in [9.17, 15) is 0 Å². The van der Waals surface area contributed by atoms with Crippen molar-refractivity contribution < 1.29 is 0 Å². The fourth-order valence-corrected chi connectivity index (χ4v) is 3.40. The van der Waals surface area contributed by atoms with Crippen LogP contribution in [0.25, 0.3) is 0 Å². The number of aromatic nitrogens is 3. The standard InChI is InChI=1S/C19H25N5S/c25-19(22-18-8-4-9-20-14-18)24(15-17-6-2-1-3-7-17)12-5-11-23-13-10-21-16-23/h1-2,4,8-10,13-14,16-17H,3,5-7,11-12,15H2,(H,22,25). The van der Waals surface area contributed by atoms with Crippen LogP contribution in [-0.4, -0.2) is 37.6 Å². The van der Waals surface area contributed by atoms with Crippen molar-refractivity contribution >= 4 is 23.0 Å². The molecule has 0 fully saturated rings. The molecule has 5 nitrogen and oxygen atoms in total. The van der Waals surface area contributed by atoms with Gasteiger partial charge in [-0.2, -0.15) is 0 Å².